The van der Waals surface area contributed by atoms with Crippen molar-refractivity contribution in [3.63, 3.8) is 0 Å². The van der Waals surface area contributed by atoms with E-state index in [1.807, 2.05) is 18.2 Å². The Bertz CT molecular complexity index is 831. The molecule has 4 nitrogen and oxygen atoms in total. The summed E-state index contributed by atoms with van der Waals surface area (Å²) in [5, 5.41) is 21.4. The lowest BCUT2D eigenvalue weighted by Gasteiger charge is -2.40. The van der Waals surface area contributed by atoms with E-state index in [-0.39, 0.29) is 4.99 Å². The molecule has 3 atom stereocenters. The van der Waals surface area contributed by atoms with Gasteiger partial charge in [0, 0.05) is 17.7 Å². The van der Waals surface area contributed by atoms with Crippen LogP contribution in [0.4, 0.5) is 4.39 Å². The smallest absolute Gasteiger partial charge is 0.216 e. The Hall–Kier alpha value is -2.40. The first-order chi connectivity index (χ1) is 11.5. The number of pyridine rings is 1. The van der Waals surface area contributed by atoms with Crippen LogP contribution in [0.2, 0.25) is 0 Å². The molecule has 1 aromatic heterocycles. The minimum Gasteiger partial charge on any atom is -0.366 e. The third-order valence-electron chi connectivity index (χ3n) is 4.25. The van der Waals surface area contributed by atoms with Crippen LogP contribution >= 0.6 is 12.2 Å². The number of halogens is 1. The number of hydrogen-bond donors (Lipinski definition) is 3. The second-order valence-corrected chi connectivity index (χ2v) is 6.32. The van der Waals surface area contributed by atoms with E-state index in [0.717, 1.165) is 0 Å². The quantitative estimate of drug-likeness (QED) is 0.340. The molecule has 0 aliphatic carbocycles. The lowest BCUT2D eigenvalue weighted by atomic mass is 9.77. The second kappa shape index (κ2) is 6.24. The maximum Gasteiger partial charge on any atom is 0.216 e. The van der Waals surface area contributed by atoms with Gasteiger partial charge in [0.25, 0.3) is 0 Å². The van der Waals surface area contributed by atoms with Gasteiger partial charge in [0.15, 0.2) is 18.1 Å². The number of nitrogens with zero attached hydrogens (tertiary/aromatic N) is 1. The molecule has 0 spiro atoms. The number of rotatable bonds is 2. The zero-order valence-corrected chi connectivity index (χ0v) is 13.8. The number of aromatic nitrogens is 1. The van der Waals surface area contributed by atoms with Crippen molar-refractivity contribution in [3.8, 4) is 0 Å². The molecule has 1 aliphatic rings. The van der Waals surface area contributed by atoms with Crippen LogP contribution in [0.5, 0.6) is 0 Å². The second-order valence-electron chi connectivity index (χ2n) is 5.91. The van der Waals surface area contributed by atoms with Crippen molar-refractivity contribution < 1.29 is 14.1 Å². The molecule has 2 heterocycles. The van der Waals surface area contributed by atoms with E-state index in [0.29, 0.717) is 11.1 Å². The Labute approximate surface area is 144 Å². The Morgan fingerprint density at radius 2 is 1.92 bits per heavy atom. The van der Waals surface area contributed by atoms with Gasteiger partial charge in [-0.1, -0.05) is 36.5 Å². The van der Waals surface area contributed by atoms with Crippen LogP contribution in [0.25, 0.3) is 0 Å². The number of thiocarbonyl (C=S) groups is 1. The molecule has 3 rings (SSSR count). The van der Waals surface area contributed by atoms with E-state index in [1.54, 1.807) is 42.1 Å². The molecule has 1 aromatic carbocycles. The predicted octanol–water partition coefficient (Wildman–Crippen LogP) is 2.25. The SMILES string of the molecule is C[C@]1(O)NC(=S)C(=C=N)[C@H](c2ccccc2F)[C@H]1[n+]1ccccc1. The van der Waals surface area contributed by atoms with Crippen molar-refractivity contribution in [3.05, 3.63) is 71.8 Å². The molecule has 122 valence electrons. The number of benzene rings is 1. The zero-order chi connectivity index (χ0) is 17.3. The zero-order valence-electron chi connectivity index (χ0n) is 13.0. The fourth-order valence-corrected chi connectivity index (χ4v) is 3.63. The van der Waals surface area contributed by atoms with Gasteiger partial charge in [-0.05, 0) is 18.9 Å². The average Bonchev–Trinajstić information content (AvgIpc) is 2.55. The van der Waals surface area contributed by atoms with Gasteiger partial charge in [-0.15, -0.1) is 0 Å². The van der Waals surface area contributed by atoms with Crippen molar-refractivity contribution in [1.29, 1.82) is 5.41 Å². The highest BCUT2D eigenvalue weighted by atomic mass is 32.1. The predicted molar refractivity (Wildman–Crippen MR) is 92.4 cm³/mol. The van der Waals surface area contributed by atoms with Crippen LogP contribution in [0.1, 0.15) is 24.4 Å². The van der Waals surface area contributed by atoms with Crippen LogP contribution in [0, 0.1) is 11.2 Å². The molecular weight excluding hydrogens is 325 g/mol. The van der Waals surface area contributed by atoms with E-state index in [9.17, 15) is 9.50 Å². The summed E-state index contributed by atoms with van der Waals surface area (Å²) in [7, 11) is 0. The van der Waals surface area contributed by atoms with E-state index in [2.05, 4.69) is 11.2 Å². The number of aliphatic hydroxyl groups is 1. The first-order valence-corrected chi connectivity index (χ1v) is 7.91. The fourth-order valence-electron chi connectivity index (χ4n) is 3.24. The number of nitrogens with one attached hydrogen (secondary N) is 2. The molecule has 3 N–H and O–H groups in total. The summed E-state index contributed by atoms with van der Waals surface area (Å²) in [5.41, 5.74) is -0.697. The average molecular weight is 342 g/mol. The molecule has 0 amide bonds. The highest BCUT2D eigenvalue weighted by Crippen LogP contribution is 2.41. The van der Waals surface area contributed by atoms with E-state index in [1.165, 1.54) is 6.07 Å². The van der Waals surface area contributed by atoms with Gasteiger partial charge in [-0.3, -0.25) is 5.41 Å². The molecule has 6 heteroatoms. The standard InChI is InChI=1S/C18H16FN3OS/c1-18(23)16(22-9-5-2-6-10-22)15(13(11-20)17(24)21-18)12-7-3-4-8-14(12)19/h2-10,15-16,20,23H,1H3/p+1/t15-,16+,18+/m0/s1. The van der Waals surface area contributed by atoms with E-state index >= 15 is 0 Å². The number of piperidine rings is 1. The van der Waals surface area contributed by atoms with Gasteiger partial charge in [0.05, 0.1) is 11.5 Å². The first-order valence-electron chi connectivity index (χ1n) is 7.50. The van der Waals surface area contributed by atoms with E-state index in [4.69, 9.17) is 17.6 Å². The molecule has 1 fully saturated rings. The monoisotopic (exact) mass is 342 g/mol. The van der Waals surface area contributed by atoms with Gasteiger partial charge in [-0.2, -0.15) is 4.57 Å². The van der Waals surface area contributed by atoms with Gasteiger partial charge < -0.3 is 10.4 Å². The maximum atomic E-state index is 14.5. The van der Waals surface area contributed by atoms with Gasteiger partial charge in [0.1, 0.15) is 10.8 Å². The highest BCUT2D eigenvalue weighted by Gasteiger charge is 2.53. The molecule has 1 aliphatic heterocycles. The van der Waals surface area contributed by atoms with Crippen molar-refractivity contribution in [2.75, 3.05) is 0 Å². The van der Waals surface area contributed by atoms with Gasteiger partial charge >= 0.3 is 0 Å². The Balaban J connectivity index is 2.26. The van der Waals surface area contributed by atoms with Crippen LogP contribution in [0.15, 0.2) is 60.4 Å². The minimum atomic E-state index is -1.42. The third-order valence-corrected chi connectivity index (χ3v) is 4.57. The summed E-state index contributed by atoms with van der Waals surface area (Å²) >= 11 is 5.28. The van der Waals surface area contributed by atoms with Crippen LogP contribution in [-0.2, 0) is 0 Å². The third kappa shape index (κ3) is 2.76. The van der Waals surface area contributed by atoms with Crippen molar-refractivity contribution >= 4 is 23.1 Å². The van der Waals surface area contributed by atoms with Crippen molar-refractivity contribution in [2.24, 2.45) is 0 Å². The normalized spacial score (nSPS) is 26.6. The Morgan fingerprint density at radius 1 is 1.25 bits per heavy atom. The summed E-state index contributed by atoms with van der Waals surface area (Å²) in [5.74, 6) is 1.29. The lowest BCUT2D eigenvalue weighted by molar-refractivity contribution is -0.740. The largest absolute Gasteiger partial charge is 0.366 e. The van der Waals surface area contributed by atoms with Gasteiger partial charge in [-0.25, -0.2) is 4.39 Å². The molecule has 24 heavy (non-hydrogen) atoms. The Morgan fingerprint density at radius 3 is 2.54 bits per heavy atom. The molecule has 0 bridgehead atoms. The first kappa shape index (κ1) is 16.5. The molecule has 0 unspecified atom stereocenters. The summed E-state index contributed by atoms with van der Waals surface area (Å²) in [6.45, 7) is 1.60. The molecule has 0 saturated carbocycles. The Kier molecular flexibility index (Phi) is 4.28. The molecule has 2 aromatic rings. The summed E-state index contributed by atoms with van der Waals surface area (Å²) in [6.07, 6.45) is 3.59. The molecular formula is C18H17FN3OS+. The maximum absolute atomic E-state index is 14.5. The van der Waals surface area contributed by atoms with Crippen molar-refractivity contribution in [2.45, 2.75) is 24.6 Å². The van der Waals surface area contributed by atoms with Crippen LogP contribution in [-0.4, -0.2) is 21.7 Å². The van der Waals surface area contributed by atoms with Crippen molar-refractivity contribution in [1.82, 2.24) is 5.32 Å². The highest BCUT2D eigenvalue weighted by molar-refractivity contribution is 7.80. The van der Waals surface area contributed by atoms with Gasteiger partial charge in [0.2, 0.25) is 6.04 Å². The molecule has 0 radical (unpaired) electrons. The number of hydrogen-bond acceptors (Lipinski definition) is 3. The van der Waals surface area contributed by atoms with Crippen LogP contribution in [0.3, 0.4) is 0 Å². The minimum absolute atomic E-state index is 0.205. The van der Waals surface area contributed by atoms with E-state index < -0.39 is 23.5 Å². The lowest BCUT2D eigenvalue weighted by Crippen LogP contribution is -2.65. The molecule has 1 saturated heterocycles. The topological polar surface area (TPSA) is 60.0 Å². The summed E-state index contributed by atoms with van der Waals surface area (Å²) < 4.78 is 16.3. The summed E-state index contributed by atoms with van der Waals surface area (Å²) in [6, 6.07) is 11.3. The fraction of sp³-hybridized carbons (Fsp3) is 0.222. The van der Waals surface area contributed by atoms with Crippen LogP contribution < -0.4 is 9.88 Å². The summed E-state index contributed by atoms with van der Waals surface area (Å²) in [4.78, 5) is 0.205.